The van der Waals surface area contributed by atoms with E-state index >= 15 is 0 Å². The largest absolute Gasteiger partial charge is 0.300 e. The third-order valence-corrected chi connectivity index (χ3v) is 4.70. The first kappa shape index (κ1) is 10.8. The van der Waals surface area contributed by atoms with Gasteiger partial charge in [0.15, 0.2) is 0 Å². The van der Waals surface area contributed by atoms with Crippen LogP contribution in [0.4, 0.5) is 0 Å². The highest BCUT2D eigenvalue weighted by molar-refractivity contribution is 9.10. The van der Waals surface area contributed by atoms with Gasteiger partial charge in [-0.3, -0.25) is 4.68 Å². The number of likely N-dealkylation sites (N-methyl/N-ethyl adjacent to an activating group) is 1. The Labute approximate surface area is 105 Å². The Kier molecular flexibility index (Phi) is 2.80. The van der Waals surface area contributed by atoms with Gasteiger partial charge in [0.05, 0.1) is 11.7 Å². The molecule has 1 fully saturated rings. The molecule has 0 saturated heterocycles. The first-order valence-corrected chi connectivity index (χ1v) is 6.99. The number of fused-ring (bicyclic) bond motifs is 1. The third-order valence-electron chi connectivity index (χ3n) is 3.86. The highest BCUT2D eigenvalue weighted by Gasteiger charge is 2.26. The van der Waals surface area contributed by atoms with Crippen LogP contribution in [0.2, 0.25) is 0 Å². The van der Waals surface area contributed by atoms with Crippen molar-refractivity contribution in [1.82, 2.24) is 14.7 Å². The summed E-state index contributed by atoms with van der Waals surface area (Å²) in [5.41, 5.74) is 2.73. The molecular formula is C12H18BrN3. The summed E-state index contributed by atoms with van der Waals surface area (Å²) in [6, 6.07) is 0.644. The summed E-state index contributed by atoms with van der Waals surface area (Å²) in [6.07, 6.45) is 6.46. The molecule has 2 heterocycles. The van der Waals surface area contributed by atoms with Crippen molar-refractivity contribution < 1.29 is 0 Å². The first-order chi connectivity index (χ1) is 7.75. The van der Waals surface area contributed by atoms with E-state index in [2.05, 4.69) is 32.6 Å². The summed E-state index contributed by atoms with van der Waals surface area (Å²) in [6.45, 7) is 2.16. The van der Waals surface area contributed by atoms with Crippen molar-refractivity contribution in [3.05, 3.63) is 15.9 Å². The van der Waals surface area contributed by atoms with E-state index in [1.54, 1.807) is 0 Å². The molecule has 1 aromatic heterocycles. The zero-order valence-corrected chi connectivity index (χ0v) is 11.3. The van der Waals surface area contributed by atoms with E-state index in [4.69, 9.17) is 5.10 Å². The molecule has 0 unspecified atom stereocenters. The van der Waals surface area contributed by atoms with E-state index < -0.39 is 0 Å². The smallest absolute Gasteiger partial charge is 0.107 e. The van der Waals surface area contributed by atoms with E-state index in [0.29, 0.717) is 6.04 Å². The number of halogens is 1. The quantitative estimate of drug-likeness (QED) is 0.790. The summed E-state index contributed by atoms with van der Waals surface area (Å²) in [4.78, 5) is 2.35. The Balaban J connectivity index is 1.95. The van der Waals surface area contributed by atoms with Crippen LogP contribution in [0.25, 0.3) is 0 Å². The van der Waals surface area contributed by atoms with Gasteiger partial charge in [0.25, 0.3) is 0 Å². The van der Waals surface area contributed by atoms with E-state index in [9.17, 15) is 0 Å². The van der Waals surface area contributed by atoms with Gasteiger partial charge in [-0.1, -0.05) is 12.8 Å². The molecule has 1 aliphatic heterocycles. The van der Waals surface area contributed by atoms with Gasteiger partial charge in [-0.15, -0.1) is 0 Å². The van der Waals surface area contributed by atoms with Crippen molar-refractivity contribution in [3.8, 4) is 0 Å². The molecule has 0 aromatic carbocycles. The minimum atomic E-state index is 0.644. The maximum Gasteiger partial charge on any atom is 0.107 e. The second-order valence-corrected chi connectivity index (χ2v) is 5.84. The lowest BCUT2D eigenvalue weighted by atomic mass is 10.1. The normalized spacial score (nSPS) is 22.6. The summed E-state index contributed by atoms with van der Waals surface area (Å²) >= 11 is 3.75. The lowest BCUT2D eigenvalue weighted by Crippen LogP contribution is -2.26. The number of hydrogen-bond acceptors (Lipinski definition) is 2. The predicted molar refractivity (Wildman–Crippen MR) is 67.5 cm³/mol. The zero-order chi connectivity index (χ0) is 11.1. The minimum absolute atomic E-state index is 0.644. The van der Waals surface area contributed by atoms with Gasteiger partial charge in [0.1, 0.15) is 4.60 Å². The Bertz CT molecular complexity index is 393. The minimum Gasteiger partial charge on any atom is -0.300 e. The highest BCUT2D eigenvalue weighted by atomic mass is 79.9. The van der Waals surface area contributed by atoms with Crippen molar-refractivity contribution >= 4 is 15.9 Å². The molecule has 0 N–H and O–H groups in total. The average molecular weight is 284 g/mol. The van der Waals surface area contributed by atoms with Gasteiger partial charge in [0.2, 0.25) is 0 Å². The molecule has 1 saturated carbocycles. The Hall–Kier alpha value is -0.350. The monoisotopic (exact) mass is 283 g/mol. The number of aromatic nitrogens is 2. The second-order valence-electron chi connectivity index (χ2n) is 5.09. The first-order valence-electron chi connectivity index (χ1n) is 6.20. The van der Waals surface area contributed by atoms with Crippen LogP contribution in [0.15, 0.2) is 4.60 Å². The molecule has 4 heteroatoms. The average Bonchev–Trinajstić information content (AvgIpc) is 2.86. The van der Waals surface area contributed by atoms with Crippen LogP contribution in [0, 0.1) is 0 Å². The van der Waals surface area contributed by atoms with Crippen LogP contribution in [0.5, 0.6) is 0 Å². The standard InChI is InChI=1S/C12H18BrN3/c1-15-7-6-10-11(8-15)14-16(12(10)13)9-4-2-3-5-9/h9H,2-8H2,1H3. The van der Waals surface area contributed by atoms with Gasteiger partial charge in [-0.05, 0) is 42.2 Å². The van der Waals surface area contributed by atoms with E-state index in [1.165, 1.54) is 41.5 Å². The molecule has 0 amide bonds. The topological polar surface area (TPSA) is 21.1 Å². The van der Waals surface area contributed by atoms with Crippen molar-refractivity contribution in [2.24, 2.45) is 0 Å². The molecule has 0 bridgehead atoms. The number of rotatable bonds is 1. The van der Waals surface area contributed by atoms with Crippen LogP contribution in [-0.4, -0.2) is 28.3 Å². The second kappa shape index (κ2) is 4.15. The van der Waals surface area contributed by atoms with Gasteiger partial charge in [-0.25, -0.2) is 0 Å². The lowest BCUT2D eigenvalue weighted by Gasteiger charge is -2.20. The molecule has 3 rings (SSSR count). The van der Waals surface area contributed by atoms with Crippen LogP contribution in [0.3, 0.4) is 0 Å². The molecule has 0 atom stereocenters. The molecule has 2 aliphatic rings. The number of nitrogens with zero attached hydrogens (tertiary/aromatic N) is 3. The maximum absolute atomic E-state index is 4.81. The predicted octanol–water partition coefficient (Wildman–Crippen LogP) is 2.75. The van der Waals surface area contributed by atoms with Gasteiger partial charge < -0.3 is 4.90 Å². The van der Waals surface area contributed by atoms with Crippen molar-refractivity contribution in [2.75, 3.05) is 13.6 Å². The van der Waals surface area contributed by atoms with E-state index in [1.807, 2.05) is 0 Å². The molecule has 0 radical (unpaired) electrons. The fourth-order valence-corrected chi connectivity index (χ4v) is 3.69. The Morgan fingerprint density at radius 2 is 2.06 bits per heavy atom. The molecule has 3 nitrogen and oxygen atoms in total. The Morgan fingerprint density at radius 1 is 1.31 bits per heavy atom. The molecule has 1 aromatic rings. The van der Waals surface area contributed by atoms with E-state index in [0.717, 1.165) is 19.5 Å². The van der Waals surface area contributed by atoms with Gasteiger partial charge in [-0.2, -0.15) is 5.10 Å². The van der Waals surface area contributed by atoms with E-state index in [-0.39, 0.29) is 0 Å². The van der Waals surface area contributed by atoms with Gasteiger partial charge >= 0.3 is 0 Å². The molecular weight excluding hydrogens is 266 g/mol. The van der Waals surface area contributed by atoms with Crippen molar-refractivity contribution in [3.63, 3.8) is 0 Å². The van der Waals surface area contributed by atoms with Crippen LogP contribution in [-0.2, 0) is 13.0 Å². The van der Waals surface area contributed by atoms with Crippen molar-refractivity contribution in [2.45, 2.75) is 44.7 Å². The number of hydrogen-bond donors (Lipinski definition) is 0. The van der Waals surface area contributed by atoms with Crippen molar-refractivity contribution in [1.29, 1.82) is 0 Å². The zero-order valence-electron chi connectivity index (χ0n) is 9.75. The summed E-state index contributed by atoms with van der Waals surface area (Å²) in [5.74, 6) is 0. The molecule has 88 valence electrons. The van der Waals surface area contributed by atoms with Crippen LogP contribution >= 0.6 is 15.9 Å². The SMILES string of the molecule is CN1CCc2c(nn(C3CCCC3)c2Br)C1. The summed E-state index contributed by atoms with van der Waals surface area (Å²) < 4.78 is 3.50. The van der Waals surface area contributed by atoms with Crippen LogP contribution < -0.4 is 0 Å². The summed E-state index contributed by atoms with van der Waals surface area (Å²) in [7, 11) is 2.17. The fraction of sp³-hybridized carbons (Fsp3) is 0.750. The molecule has 0 spiro atoms. The summed E-state index contributed by atoms with van der Waals surface area (Å²) in [5, 5.41) is 4.81. The third kappa shape index (κ3) is 1.72. The molecule has 16 heavy (non-hydrogen) atoms. The lowest BCUT2D eigenvalue weighted by molar-refractivity contribution is 0.307. The van der Waals surface area contributed by atoms with Crippen LogP contribution in [0.1, 0.15) is 43.0 Å². The fourth-order valence-electron chi connectivity index (χ4n) is 2.89. The van der Waals surface area contributed by atoms with Gasteiger partial charge in [0, 0.05) is 18.7 Å². The maximum atomic E-state index is 4.81. The highest BCUT2D eigenvalue weighted by Crippen LogP contribution is 2.35. The molecule has 1 aliphatic carbocycles. The Morgan fingerprint density at radius 3 is 2.81 bits per heavy atom.